The second kappa shape index (κ2) is 5.18. The van der Waals surface area contributed by atoms with Crippen molar-refractivity contribution in [3.8, 4) is 0 Å². The summed E-state index contributed by atoms with van der Waals surface area (Å²) in [5, 5.41) is 11.6. The van der Waals surface area contributed by atoms with Crippen LogP contribution in [0, 0.1) is 0 Å². The molecule has 1 fully saturated rings. The predicted octanol–water partition coefficient (Wildman–Crippen LogP) is -1.48. The third-order valence-corrected chi connectivity index (χ3v) is 3.00. The van der Waals surface area contributed by atoms with Gasteiger partial charge in [-0.15, -0.1) is 0 Å². The first-order valence-electron chi connectivity index (χ1n) is 5.82. The van der Waals surface area contributed by atoms with E-state index in [0.717, 1.165) is 16.8 Å². The number of aliphatic hydroxyl groups excluding tert-OH is 1. The Labute approximate surface area is 103 Å². The lowest BCUT2D eigenvalue weighted by molar-refractivity contribution is -0.134. The molecule has 18 heavy (non-hydrogen) atoms. The van der Waals surface area contributed by atoms with Crippen LogP contribution in [0.15, 0.2) is 21.7 Å². The summed E-state index contributed by atoms with van der Waals surface area (Å²) >= 11 is 0. The molecule has 0 saturated carbocycles. The molecule has 7 heteroatoms. The van der Waals surface area contributed by atoms with Crippen LogP contribution < -0.4 is 11.1 Å². The summed E-state index contributed by atoms with van der Waals surface area (Å²) in [5.41, 5.74) is -0.837. The molecule has 0 spiro atoms. The number of carbonyl (C=O) groups is 1. The number of hydrogen-bond acceptors (Lipinski definition) is 4. The standard InChI is InChI=1S/C11H15N3O4/c15-8-3-5-13(6-4-8)11(18)7-14-10(17)2-1-9(16)12-14/h1-2,8,15H,3-7H2,(H,12,16). The number of aromatic amines is 1. The largest absolute Gasteiger partial charge is 0.393 e. The van der Waals surface area contributed by atoms with Gasteiger partial charge in [0.05, 0.1) is 6.10 Å². The number of carbonyl (C=O) groups excluding carboxylic acids is 1. The van der Waals surface area contributed by atoms with Crippen molar-refractivity contribution in [3.63, 3.8) is 0 Å². The molecule has 0 bridgehead atoms. The van der Waals surface area contributed by atoms with Crippen LogP contribution >= 0.6 is 0 Å². The minimum atomic E-state index is -0.420. The molecule has 0 atom stereocenters. The average molecular weight is 253 g/mol. The van der Waals surface area contributed by atoms with Crippen LogP contribution in [0.3, 0.4) is 0 Å². The highest BCUT2D eigenvalue weighted by atomic mass is 16.3. The molecule has 0 radical (unpaired) electrons. The van der Waals surface area contributed by atoms with Gasteiger partial charge in [-0.25, -0.2) is 4.68 Å². The van der Waals surface area contributed by atoms with E-state index in [4.69, 9.17) is 0 Å². The number of rotatable bonds is 2. The molecule has 0 aromatic carbocycles. The van der Waals surface area contributed by atoms with Crippen LogP contribution in [0.2, 0.25) is 0 Å². The number of piperidine rings is 1. The summed E-state index contributed by atoms with van der Waals surface area (Å²) in [5.74, 6) is -0.231. The molecule has 1 aliphatic heterocycles. The summed E-state index contributed by atoms with van der Waals surface area (Å²) in [6.45, 7) is 0.780. The van der Waals surface area contributed by atoms with Crippen LogP contribution in [0.25, 0.3) is 0 Å². The Hall–Kier alpha value is -1.89. The average Bonchev–Trinajstić information content (AvgIpc) is 2.34. The quantitative estimate of drug-likeness (QED) is 0.672. The summed E-state index contributed by atoms with van der Waals surface area (Å²) in [6, 6.07) is 2.26. The Morgan fingerprint density at radius 3 is 2.67 bits per heavy atom. The number of nitrogens with zero attached hydrogens (tertiary/aromatic N) is 2. The predicted molar refractivity (Wildman–Crippen MR) is 63.1 cm³/mol. The Morgan fingerprint density at radius 2 is 2.00 bits per heavy atom. The molecule has 2 N–H and O–H groups in total. The third kappa shape index (κ3) is 2.86. The smallest absolute Gasteiger partial charge is 0.265 e. The van der Waals surface area contributed by atoms with Gasteiger partial charge < -0.3 is 10.0 Å². The van der Waals surface area contributed by atoms with Gasteiger partial charge in [0.1, 0.15) is 6.54 Å². The molecule has 7 nitrogen and oxygen atoms in total. The van der Waals surface area contributed by atoms with Crippen molar-refractivity contribution < 1.29 is 9.90 Å². The molecular weight excluding hydrogens is 238 g/mol. The SMILES string of the molecule is O=C(Cn1[nH]c(=O)ccc1=O)N1CCC(O)CC1. The molecule has 1 saturated heterocycles. The maximum absolute atomic E-state index is 11.9. The topological polar surface area (TPSA) is 95.4 Å². The van der Waals surface area contributed by atoms with Crippen molar-refractivity contribution in [2.45, 2.75) is 25.5 Å². The number of H-pyrrole nitrogens is 1. The third-order valence-electron chi connectivity index (χ3n) is 3.00. The van der Waals surface area contributed by atoms with Gasteiger partial charge in [-0.05, 0) is 12.8 Å². The van der Waals surface area contributed by atoms with Crippen molar-refractivity contribution >= 4 is 5.91 Å². The van der Waals surface area contributed by atoms with E-state index in [0.29, 0.717) is 25.9 Å². The second-order valence-electron chi connectivity index (χ2n) is 4.35. The number of amides is 1. The van der Waals surface area contributed by atoms with Gasteiger partial charge in [-0.3, -0.25) is 19.5 Å². The van der Waals surface area contributed by atoms with Crippen LogP contribution in [-0.2, 0) is 11.3 Å². The normalized spacial score (nSPS) is 16.8. The minimum absolute atomic E-state index is 0.176. The maximum Gasteiger partial charge on any atom is 0.265 e. The first-order chi connectivity index (χ1) is 8.56. The van der Waals surface area contributed by atoms with E-state index in [1.807, 2.05) is 0 Å². The molecule has 1 aliphatic rings. The number of nitrogens with one attached hydrogen (secondary N) is 1. The zero-order valence-corrected chi connectivity index (χ0v) is 9.83. The van der Waals surface area contributed by atoms with E-state index in [1.54, 1.807) is 4.90 Å². The zero-order valence-electron chi connectivity index (χ0n) is 9.83. The van der Waals surface area contributed by atoms with Gasteiger partial charge in [0.2, 0.25) is 5.91 Å². The van der Waals surface area contributed by atoms with Crippen LogP contribution in [0.4, 0.5) is 0 Å². The first-order valence-corrected chi connectivity index (χ1v) is 5.82. The molecule has 98 valence electrons. The van der Waals surface area contributed by atoms with Crippen molar-refractivity contribution in [2.24, 2.45) is 0 Å². The van der Waals surface area contributed by atoms with Crippen LogP contribution in [-0.4, -0.2) is 44.9 Å². The molecule has 0 unspecified atom stereocenters. The molecule has 1 aromatic heterocycles. The lowest BCUT2D eigenvalue weighted by Gasteiger charge is -2.29. The highest BCUT2D eigenvalue weighted by Crippen LogP contribution is 2.09. The van der Waals surface area contributed by atoms with Gasteiger partial charge in [0.25, 0.3) is 11.1 Å². The highest BCUT2D eigenvalue weighted by molar-refractivity contribution is 5.75. The molecule has 2 rings (SSSR count). The van der Waals surface area contributed by atoms with Gasteiger partial charge in [0.15, 0.2) is 0 Å². The van der Waals surface area contributed by atoms with Crippen molar-refractivity contribution in [2.75, 3.05) is 13.1 Å². The van der Waals surface area contributed by atoms with Crippen molar-refractivity contribution in [1.82, 2.24) is 14.7 Å². The number of hydrogen-bond donors (Lipinski definition) is 2. The van der Waals surface area contributed by atoms with E-state index < -0.39 is 11.1 Å². The fourth-order valence-corrected chi connectivity index (χ4v) is 1.93. The van der Waals surface area contributed by atoms with E-state index in [-0.39, 0.29) is 18.6 Å². The summed E-state index contributed by atoms with van der Waals surface area (Å²) in [4.78, 5) is 36.0. The van der Waals surface area contributed by atoms with E-state index in [1.165, 1.54) is 0 Å². The van der Waals surface area contributed by atoms with Crippen molar-refractivity contribution in [1.29, 1.82) is 0 Å². The fraction of sp³-hybridized carbons (Fsp3) is 0.545. The highest BCUT2D eigenvalue weighted by Gasteiger charge is 2.21. The number of aromatic nitrogens is 2. The summed E-state index contributed by atoms with van der Waals surface area (Å²) in [7, 11) is 0. The van der Waals surface area contributed by atoms with Gasteiger partial charge in [0, 0.05) is 25.2 Å². The van der Waals surface area contributed by atoms with E-state index in [2.05, 4.69) is 5.10 Å². The lowest BCUT2D eigenvalue weighted by Crippen LogP contribution is -2.43. The Bertz CT molecular complexity index is 540. The maximum atomic E-state index is 11.9. The van der Waals surface area contributed by atoms with Crippen LogP contribution in [0.5, 0.6) is 0 Å². The molecule has 1 aromatic rings. The monoisotopic (exact) mass is 253 g/mol. The zero-order chi connectivity index (χ0) is 13.1. The number of likely N-dealkylation sites (tertiary alicyclic amines) is 1. The Kier molecular flexibility index (Phi) is 3.61. The molecule has 2 heterocycles. The molecule has 0 aliphatic carbocycles. The second-order valence-corrected chi connectivity index (χ2v) is 4.35. The summed E-state index contributed by atoms with van der Waals surface area (Å²) in [6.07, 6.45) is 0.742. The molecule has 1 amide bonds. The van der Waals surface area contributed by atoms with Gasteiger partial charge >= 0.3 is 0 Å². The van der Waals surface area contributed by atoms with E-state index >= 15 is 0 Å². The van der Waals surface area contributed by atoms with Crippen LogP contribution in [0.1, 0.15) is 12.8 Å². The van der Waals surface area contributed by atoms with Crippen molar-refractivity contribution in [3.05, 3.63) is 32.8 Å². The fourth-order valence-electron chi connectivity index (χ4n) is 1.93. The summed E-state index contributed by atoms with van der Waals surface area (Å²) < 4.78 is 0.996. The van der Waals surface area contributed by atoms with Gasteiger partial charge in [-0.1, -0.05) is 0 Å². The van der Waals surface area contributed by atoms with E-state index in [9.17, 15) is 19.5 Å². The van der Waals surface area contributed by atoms with Gasteiger partial charge in [-0.2, -0.15) is 0 Å². The molecular formula is C11H15N3O4. The number of aliphatic hydroxyl groups is 1. The Morgan fingerprint density at radius 1 is 1.33 bits per heavy atom. The Balaban J connectivity index is 2.05. The lowest BCUT2D eigenvalue weighted by atomic mass is 10.1. The minimum Gasteiger partial charge on any atom is -0.393 e. The first kappa shape index (κ1) is 12.6.